The van der Waals surface area contributed by atoms with Gasteiger partial charge in [-0.3, -0.25) is 9.59 Å². The molecule has 30 heavy (non-hydrogen) atoms. The zero-order chi connectivity index (χ0) is 20.5. The van der Waals surface area contributed by atoms with Crippen molar-refractivity contribution in [3.8, 4) is 11.5 Å². The van der Waals surface area contributed by atoms with E-state index in [-0.39, 0.29) is 18.6 Å². The van der Waals surface area contributed by atoms with Gasteiger partial charge in [0.1, 0.15) is 5.82 Å². The van der Waals surface area contributed by atoms with Gasteiger partial charge >= 0.3 is 0 Å². The van der Waals surface area contributed by atoms with E-state index in [2.05, 4.69) is 16.4 Å². The zero-order valence-corrected chi connectivity index (χ0v) is 16.4. The van der Waals surface area contributed by atoms with E-state index in [4.69, 9.17) is 9.47 Å². The molecule has 3 aliphatic rings. The van der Waals surface area contributed by atoms with E-state index >= 15 is 0 Å². The molecule has 3 aliphatic heterocycles. The smallest absolute Gasteiger partial charge is 0.246 e. The Hall–Kier alpha value is -3.61. The molecule has 5 rings (SSSR count). The van der Waals surface area contributed by atoms with E-state index in [1.807, 2.05) is 29.2 Å². The molecule has 0 fully saturated rings. The molecule has 0 unspecified atom stereocenters. The Labute approximate surface area is 174 Å². The number of carbonyl (C=O) groups is 2. The minimum absolute atomic E-state index is 0.00765. The molecule has 1 N–H and O–H groups in total. The number of rotatable bonds is 3. The lowest BCUT2D eigenvalue weighted by Gasteiger charge is -2.25. The van der Waals surface area contributed by atoms with Gasteiger partial charge in [0.25, 0.3) is 0 Å². The maximum absolute atomic E-state index is 12.6. The molecular weight excluding hydrogens is 382 g/mol. The van der Waals surface area contributed by atoms with Gasteiger partial charge in [-0.1, -0.05) is 12.1 Å². The number of ether oxygens (including phenoxy) is 2. The van der Waals surface area contributed by atoms with Crippen LogP contribution in [0.3, 0.4) is 0 Å². The van der Waals surface area contributed by atoms with Crippen molar-refractivity contribution < 1.29 is 19.1 Å². The topological polar surface area (TPSA) is 80.8 Å². The number of hydrogen-bond acceptors (Lipinski definition) is 5. The summed E-state index contributed by atoms with van der Waals surface area (Å²) in [4.78, 5) is 30.1. The van der Waals surface area contributed by atoms with Gasteiger partial charge in [0.15, 0.2) is 11.5 Å². The van der Waals surface area contributed by atoms with Crippen molar-refractivity contribution in [2.75, 3.05) is 25.2 Å². The molecule has 0 atom stereocenters. The van der Waals surface area contributed by atoms with Gasteiger partial charge in [-0.15, -0.1) is 0 Å². The summed E-state index contributed by atoms with van der Waals surface area (Å²) in [6.07, 6.45) is 9.06. The number of nitrogens with zero attached hydrogens (tertiary/aromatic N) is 2. The van der Waals surface area contributed by atoms with Crippen LogP contribution in [-0.4, -0.2) is 41.6 Å². The van der Waals surface area contributed by atoms with Crippen molar-refractivity contribution in [1.82, 2.24) is 9.88 Å². The number of pyridine rings is 1. The number of amides is 2. The highest BCUT2D eigenvalue weighted by Crippen LogP contribution is 2.35. The third-order valence-electron chi connectivity index (χ3n) is 5.55. The van der Waals surface area contributed by atoms with Crippen LogP contribution in [-0.2, 0) is 16.0 Å². The molecule has 0 spiro atoms. The van der Waals surface area contributed by atoms with Gasteiger partial charge in [0.2, 0.25) is 18.6 Å². The minimum Gasteiger partial charge on any atom is -0.454 e. The molecule has 0 radical (unpaired) electrons. The third kappa shape index (κ3) is 3.66. The highest BCUT2D eigenvalue weighted by molar-refractivity contribution is 5.94. The molecule has 1 aromatic carbocycles. The fraction of sp³-hybridized carbons (Fsp3) is 0.261. The summed E-state index contributed by atoms with van der Waals surface area (Å²) < 4.78 is 10.8. The molecule has 0 bridgehead atoms. The first-order valence-electron chi connectivity index (χ1n) is 10.0. The van der Waals surface area contributed by atoms with Crippen LogP contribution in [0.1, 0.15) is 29.5 Å². The van der Waals surface area contributed by atoms with E-state index in [9.17, 15) is 9.59 Å². The third-order valence-corrected chi connectivity index (χ3v) is 5.55. The van der Waals surface area contributed by atoms with E-state index in [0.717, 1.165) is 34.6 Å². The summed E-state index contributed by atoms with van der Waals surface area (Å²) in [5.41, 5.74) is 4.17. The molecule has 4 heterocycles. The number of fused-ring (bicyclic) bond motifs is 2. The lowest BCUT2D eigenvalue weighted by Crippen LogP contribution is -2.33. The number of anilines is 1. The second kappa shape index (κ2) is 7.67. The van der Waals surface area contributed by atoms with Crippen molar-refractivity contribution in [2.45, 2.75) is 19.3 Å². The molecule has 7 nitrogen and oxygen atoms in total. The van der Waals surface area contributed by atoms with Crippen molar-refractivity contribution in [2.24, 2.45) is 0 Å². The quantitative estimate of drug-likeness (QED) is 0.797. The minimum atomic E-state index is -0.0259. The van der Waals surface area contributed by atoms with E-state index in [1.54, 1.807) is 18.3 Å². The summed E-state index contributed by atoms with van der Waals surface area (Å²) in [6.45, 7) is 1.50. The first kappa shape index (κ1) is 18.4. The molecule has 0 aliphatic carbocycles. The van der Waals surface area contributed by atoms with Crippen molar-refractivity contribution >= 4 is 29.3 Å². The summed E-state index contributed by atoms with van der Waals surface area (Å²) in [7, 11) is 0. The van der Waals surface area contributed by atoms with Crippen LogP contribution < -0.4 is 14.8 Å². The van der Waals surface area contributed by atoms with E-state index in [0.29, 0.717) is 31.7 Å². The van der Waals surface area contributed by atoms with Crippen LogP contribution in [0.5, 0.6) is 11.5 Å². The average molecular weight is 403 g/mol. The maximum atomic E-state index is 12.6. The Bertz CT molecular complexity index is 1090. The van der Waals surface area contributed by atoms with Gasteiger partial charge in [-0.2, -0.15) is 0 Å². The summed E-state index contributed by atoms with van der Waals surface area (Å²) in [5.74, 6) is 2.13. The van der Waals surface area contributed by atoms with Gasteiger partial charge in [-0.05, 0) is 59.4 Å². The summed E-state index contributed by atoms with van der Waals surface area (Å²) in [5, 5.41) is 2.76. The molecule has 152 valence electrons. The predicted octanol–water partition coefficient (Wildman–Crippen LogP) is 3.02. The Morgan fingerprint density at radius 1 is 1.13 bits per heavy atom. The monoisotopic (exact) mass is 403 g/mol. The zero-order valence-electron chi connectivity index (χ0n) is 16.4. The largest absolute Gasteiger partial charge is 0.454 e. The van der Waals surface area contributed by atoms with Crippen molar-refractivity contribution in [3.63, 3.8) is 0 Å². The lowest BCUT2D eigenvalue weighted by atomic mass is 9.99. The molecule has 0 saturated carbocycles. The van der Waals surface area contributed by atoms with E-state index < -0.39 is 0 Å². The normalized spacial score (nSPS) is 17.5. The number of aryl methyl sites for hydroxylation is 1. The lowest BCUT2D eigenvalue weighted by molar-refractivity contribution is -0.125. The number of hydrogen-bond donors (Lipinski definition) is 1. The van der Waals surface area contributed by atoms with Crippen LogP contribution >= 0.6 is 0 Å². The number of nitrogens with one attached hydrogen (secondary N) is 1. The van der Waals surface area contributed by atoms with Crippen molar-refractivity contribution in [3.05, 3.63) is 59.3 Å². The van der Waals surface area contributed by atoms with Gasteiger partial charge < -0.3 is 19.7 Å². The SMILES string of the molecule is O=C1CCc2cc(C=CC(=O)N3CC=C(c4ccc5c(c4)OCO5)CC3)cnc2N1. The molecule has 0 saturated heterocycles. The first-order chi connectivity index (χ1) is 14.7. The standard InChI is InChI=1S/C23H21N3O4/c27-21-5-3-18-11-15(13-24-23(18)25-21)1-6-22(28)26-9-7-16(8-10-26)17-2-4-19-20(12-17)30-14-29-19/h1-2,4,6-7,11-13H,3,5,8-10,14H2,(H,24,25,27). The fourth-order valence-corrected chi connectivity index (χ4v) is 3.87. The first-order valence-corrected chi connectivity index (χ1v) is 10.0. The Kier molecular flexibility index (Phi) is 4.71. The van der Waals surface area contributed by atoms with Crippen LogP contribution in [0.2, 0.25) is 0 Å². The maximum Gasteiger partial charge on any atom is 0.246 e. The number of carbonyl (C=O) groups excluding carboxylic acids is 2. The number of benzene rings is 1. The predicted molar refractivity (Wildman–Crippen MR) is 112 cm³/mol. The Morgan fingerprint density at radius 3 is 2.90 bits per heavy atom. The number of aromatic nitrogens is 1. The highest BCUT2D eigenvalue weighted by atomic mass is 16.7. The molecule has 2 aromatic rings. The second-order valence-electron chi connectivity index (χ2n) is 7.49. The Balaban J connectivity index is 1.23. The fourth-order valence-electron chi connectivity index (χ4n) is 3.87. The van der Waals surface area contributed by atoms with Gasteiger partial charge in [0, 0.05) is 31.8 Å². The van der Waals surface area contributed by atoms with Gasteiger partial charge in [-0.25, -0.2) is 4.98 Å². The summed E-state index contributed by atoms with van der Waals surface area (Å²) in [6, 6.07) is 7.93. The summed E-state index contributed by atoms with van der Waals surface area (Å²) >= 11 is 0. The highest BCUT2D eigenvalue weighted by Gasteiger charge is 2.19. The van der Waals surface area contributed by atoms with Crippen LogP contribution in [0.15, 0.2) is 42.6 Å². The molecule has 2 amide bonds. The van der Waals surface area contributed by atoms with E-state index in [1.165, 1.54) is 5.57 Å². The Morgan fingerprint density at radius 2 is 2.03 bits per heavy atom. The van der Waals surface area contributed by atoms with Crippen LogP contribution in [0.4, 0.5) is 5.82 Å². The molecule has 7 heteroatoms. The van der Waals surface area contributed by atoms with Crippen molar-refractivity contribution in [1.29, 1.82) is 0 Å². The van der Waals surface area contributed by atoms with Gasteiger partial charge in [0.05, 0.1) is 0 Å². The average Bonchev–Trinajstić information content (AvgIpc) is 3.25. The van der Waals surface area contributed by atoms with Crippen LogP contribution in [0, 0.1) is 0 Å². The second-order valence-corrected chi connectivity index (χ2v) is 7.49. The van der Waals surface area contributed by atoms with Crippen LogP contribution in [0.25, 0.3) is 11.6 Å². The molecular formula is C23H21N3O4. The molecule has 1 aromatic heterocycles.